The Morgan fingerprint density at radius 2 is 2.11 bits per heavy atom. The maximum absolute atomic E-state index is 11.5. The van der Waals surface area contributed by atoms with Crippen molar-refractivity contribution in [2.75, 3.05) is 17.7 Å². The molecule has 0 aromatic heterocycles. The van der Waals surface area contributed by atoms with Gasteiger partial charge in [0, 0.05) is 17.5 Å². The summed E-state index contributed by atoms with van der Waals surface area (Å²) < 4.78 is 0. The van der Waals surface area contributed by atoms with Crippen molar-refractivity contribution in [3.05, 3.63) is 23.8 Å². The minimum absolute atomic E-state index is 0.338. The van der Waals surface area contributed by atoms with Crippen LogP contribution in [-0.2, 0) is 0 Å². The van der Waals surface area contributed by atoms with Crippen molar-refractivity contribution in [1.29, 1.82) is 0 Å². The Morgan fingerprint density at radius 1 is 1.44 bits per heavy atom. The highest BCUT2D eigenvalue weighted by atomic mass is 32.2. The van der Waals surface area contributed by atoms with Crippen LogP contribution in [0.4, 0.5) is 5.69 Å². The number of rotatable bonds is 6. The third-order valence-electron chi connectivity index (χ3n) is 3.21. The summed E-state index contributed by atoms with van der Waals surface area (Å²) in [5, 5.41) is 9.44. The molecule has 0 bridgehead atoms. The maximum atomic E-state index is 11.5. The molecule has 0 radical (unpaired) electrons. The molecule has 0 aliphatic rings. The smallest absolute Gasteiger partial charge is 0.338 e. The standard InChI is InChI=1S/C14H21NO2S/c1-5-10(3)15(6-2)11-8-7-9-12(18-4)13(11)14(16)17/h7-10H,5-6H2,1-4H3,(H,16,17). The quantitative estimate of drug-likeness (QED) is 0.797. The lowest BCUT2D eigenvalue weighted by molar-refractivity contribution is 0.0693. The van der Waals surface area contributed by atoms with Gasteiger partial charge in [0.25, 0.3) is 0 Å². The molecule has 0 spiro atoms. The van der Waals surface area contributed by atoms with E-state index in [1.165, 1.54) is 11.8 Å². The molecule has 0 amide bonds. The predicted octanol–water partition coefficient (Wildman–Crippen LogP) is 3.73. The first-order chi connectivity index (χ1) is 8.56. The van der Waals surface area contributed by atoms with Crippen LogP contribution in [0.3, 0.4) is 0 Å². The summed E-state index contributed by atoms with van der Waals surface area (Å²) in [6.45, 7) is 7.11. The zero-order chi connectivity index (χ0) is 13.7. The summed E-state index contributed by atoms with van der Waals surface area (Å²) in [7, 11) is 0. The molecule has 0 aliphatic carbocycles. The van der Waals surface area contributed by atoms with Gasteiger partial charge in [0.1, 0.15) is 0 Å². The van der Waals surface area contributed by atoms with E-state index in [1.54, 1.807) is 0 Å². The summed E-state index contributed by atoms with van der Waals surface area (Å²) >= 11 is 1.48. The summed E-state index contributed by atoms with van der Waals surface area (Å²) in [6.07, 6.45) is 2.90. The first-order valence-electron chi connectivity index (χ1n) is 6.23. The van der Waals surface area contributed by atoms with E-state index in [0.717, 1.165) is 23.5 Å². The van der Waals surface area contributed by atoms with Crippen LogP contribution in [0.1, 0.15) is 37.6 Å². The molecular weight excluding hydrogens is 246 g/mol. The van der Waals surface area contributed by atoms with Crippen molar-refractivity contribution < 1.29 is 9.90 Å². The Morgan fingerprint density at radius 3 is 2.56 bits per heavy atom. The van der Waals surface area contributed by atoms with Crippen LogP contribution >= 0.6 is 11.8 Å². The molecule has 1 atom stereocenters. The highest BCUT2D eigenvalue weighted by Crippen LogP contribution is 2.31. The van der Waals surface area contributed by atoms with Crippen LogP contribution < -0.4 is 4.90 Å². The van der Waals surface area contributed by atoms with Gasteiger partial charge in [-0.05, 0) is 38.7 Å². The largest absolute Gasteiger partial charge is 0.478 e. The molecule has 0 saturated carbocycles. The maximum Gasteiger partial charge on any atom is 0.338 e. The minimum Gasteiger partial charge on any atom is -0.478 e. The third-order valence-corrected chi connectivity index (χ3v) is 3.99. The highest BCUT2D eigenvalue weighted by molar-refractivity contribution is 7.98. The van der Waals surface area contributed by atoms with Crippen LogP contribution in [0, 0.1) is 0 Å². The number of anilines is 1. The van der Waals surface area contributed by atoms with Crippen LogP contribution in [0.25, 0.3) is 0 Å². The molecule has 100 valence electrons. The second-order valence-electron chi connectivity index (χ2n) is 4.20. The fourth-order valence-electron chi connectivity index (χ4n) is 2.08. The van der Waals surface area contributed by atoms with Gasteiger partial charge in [-0.2, -0.15) is 0 Å². The first-order valence-corrected chi connectivity index (χ1v) is 7.46. The number of carboxylic acids is 1. The molecule has 18 heavy (non-hydrogen) atoms. The Hall–Kier alpha value is -1.16. The van der Waals surface area contributed by atoms with Gasteiger partial charge in [-0.1, -0.05) is 13.0 Å². The number of benzene rings is 1. The fraction of sp³-hybridized carbons (Fsp3) is 0.500. The third kappa shape index (κ3) is 2.99. The molecule has 1 rings (SSSR count). The summed E-state index contributed by atoms with van der Waals surface area (Å²) in [5.74, 6) is -0.850. The van der Waals surface area contributed by atoms with E-state index in [2.05, 4.69) is 25.7 Å². The molecular formula is C14H21NO2S. The zero-order valence-corrected chi connectivity index (χ0v) is 12.3. The highest BCUT2D eigenvalue weighted by Gasteiger charge is 2.21. The molecule has 1 aromatic carbocycles. The van der Waals surface area contributed by atoms with Gasteiger partial charge in [-0.25, -0.2) is 4.79 Å². The number of thioether (sulfide) groups is 1. The molecule has 0 fully saturated rings. The summed E-state index contributed by atoms with van der Waals surface area (Å²) in [4.78, 5) is 14.5. The van der Waals surface area contributed by atoms with Crippen molar-refractivity contribution in [3.63, 3.8) is 0 Å². The van der Waals surface area contributed by atoms with Crippen molar-refractivity contribution in [1.82, 2.24) is 0 Å². The SMILES string of the molecule is CCC(C)N(CC)c1cccc(SC)c1C(=O)O. The van der Waals surface area contributed by atoms with Gasteiger partial charge in [0.05, 0.1) is 11.3 Å². The Balaban J connectivity index is 3.33. The van der Waals surface area contributed by atoms with Gasteiger partial charge >= 0.3 is 5.97 Å². The zero-order valence-electron chi connectivity index (χ0n) is 11.4. The second kappa shape index (κ2) is 6.69. The molecule has 1 N–H and O–H groups in total. The predicted molar refractivity (Wildman–Crippen MR) is 78.0 cm³/mol. The average Bonchev–Trinajstić information content (AvgIpc) is 2.38. The van der Waals surface area contributed by atoms with Crippen LogP contribution in [0.2, 0.25) is 0 Å². The molecule has 1 unspecified atom stereocenters. The lowest BCUT2D eigenvalue weighted by atomic mass is 10.1. The monoisotopic (exact) mass is 267 g/mol. The van der Waals surface area contributed by atoms with Crippen molar-refractivity contribution in [2.24, 2.45) is 0 Å². The number of hydrogen-bond acceptors (Lipinski definition) is 3. The van der Waals surface area contributed by atoms with Crippen molar-refractivity contribution >= 4 is 23.4 Å². The number of aromatic carboxylic acids is 1. The van der Waals surface area contributed by atoms with Gasteiger partial charge in [0.2, 0.25) is 0 Å². The van der Waals surface area contributed by atoms with E-state index in [0.29, 0.717) is 11.6 Å². The molecule has 0 aliphatic heterocycles. The lowest BCUT2D eigenvalue weighted by Crippen LogP contribution is -2.33. The van der Waals surface area contributed by atoms with E-state index >= 15 is 0 Å². The number of nitrogens with zero attached hydrogens (tertiary/aromatic N) is 1. The van der Waals surface area contributed by atoms with Crippen LogP contribution in [0.15, 0.2) is 23.1 Å². The minimum atomic E-state index is -0.850. The topological polar surface area (TPSA) is 40.5 Å². The van der Waals surface area contributed by atoms with Gasteiger partial charge in [0.15, 0.2) is 0 Å². The molecule has 0 saturated heterocycles. The van der Waals surface area contributed by atoms with E-state index in [9.17, 15) is 9.90 Å². The van der Waals surface area contributed by atoms with E-state index in [4.69, 9.17) is 0 Å². The molecule has 1 aromatic rings. The van der Waals surface area contributed by atoms with Crippen molar-refractivity contribution in [2.45, 2.75) is 38.1 Å². The summed E-state index contributed by atoms with van der Waals surface area (Å²) in [6, 6.07) is 6.03. The van der Waals surface area contributed by atoms with Gasteiger partial charge in [-0.3, -0.25) is 0 Å². The average molecular weight is 267 g/mol. The number of carboxylic acid groups (broad SMARTS) is 1. The van der Waals surface area contributed by atoms with Gasteiger partial charge in [-0.15, -0.1) is 11.8 Å². The van der Waals surface area contributed by atoms with E-state index < -0.39 is 5.97 Å². The fourth-order valence-corrected chi connectivity index (χ4v) is 2.69. The molecule has 4 heteroatoms. The molecule has 3 nitrogen and oxygen atoms in total. The Labute approximate surface area is 113 Å². The van der Waals surface area contributed by atoms with Gasteiger partial charge < -0.3 is 10.0 Å². The second-order valence-corrected chi connectivity index (χ2v) is 5.05. The number of carbonyl (C=O) groups is 1. The van der Waals surface area contributed by atoms with Crippen LogP contribution in [0.5, 0.6) is 0 Å². The number of hydrogen-bond donors (Lipinski definition) is 1. The normalized spacial score (nSPS) is 12.2. The Kier molecular flexibility index (Phi) is 5.54. The lowest BCUT2D eigenvalue weighted by Gasteiger charge is -2.31. The van der Waals surface area contributed by atoms with E-state index in [1.807, 2.05) is 24.5 Å². The molecule has 0 heterocycles. The van der Waals surface area contributed by atoms with E-state index in [-0.39, 0.29) is 0 Å². The Bertz CT molecular complexity index is 420. The summed E-state index contributed by atoms with van der Waals surface area (Å²) in [5.41, 5.74) is 1.25. The van der Waals surface area contributed by atoms with Crippen LogP contribution in [-0.4, -0.2) is 29.9 Å². The van der Waals surface area contributed by atoms with Crippen molar-refractivity contribution in [3.8, 4) is 0 Å². The first kappa shape index (κ1) is 14.9.